The van der Waals surface area contributed by atoms with Crippen LogP contribution in [-0.4, -0.2) is 37.2 Å². The second kappa shape index (κ2) is 7.06. The summed E-state index contributed by atoms with van der Waals surface area (Å²) in [5.74, 6) is 0.898. The SMILES string of the molecule is N/C(=N/O)c1ccc(N2CCN(c3[nH+]cccc3C(F)(F)F)CC2)[nH+]c1. The topological polar surface area (TPSA) is 93.4 Å². The van der Waals surface area contributed by atoms with Crippen molar-refractivity contribution in [2.45, 2.75) is 6.18 Å². The number of oxime groups is 1. The predicted octanol–water partition coefficient (Wildman–Crippen LogP) is 0.755. The van der Waals surface area contributed by atoms with Crippen LogP contribution in [-0.2, 0) is 6.18 Å². The fourth-order valence-electron chi connectivity index (χ4n) is 2.92. The van der Waals surface area contributed by atoms with E-state index < -0.39 is 11.7 Å². The highest BCUT2D eigenvalue weighted by Gasteiger charge is 2.40. The summed E-state index contributed by atoms with van der Waals surface area (Å²) in [7, 11) is 0. The minimum atomic E-state index is -4.40. The summed E-state index contributed by atoms with van der Waals surface area (Å²) in [6.45, 7) is 2.00. The molecule has 10 heteroatoms. The maximum absolute atomic E-state index is 13.2. The summed E-state index contributed by atoms with van der Waals surface area (Å²) in [5, 5.41) is 11.6. The quantitative estimate of drug-likeness (QED) is 0.362. The van der Waals surface area contributed by atoms with E-state index in [1.807, 2.05) is 4.90 Å². The van der Waals surface area contributed by atoms with Crippen LogP contribution in [0, 0.1) is 0 Å². The number of aromatic nitrogens is 2. The van der Waals surface area contributed by atoms with E-state index in [-0.39, 0.29) is 11.7 Å². The summed E-state index contributed by atoms with van der Waals surface area (Å²) in [6, 6.07) is 5.93. The number of nitrogens with one attached hydrogen (secondary N) is 2. The first-order valence-corrected chi connectivity index (χ1v) is 7.97. The first-order chi connectivity index (χ1) is 12.4. The van der Waals surface area contributed by atoms with Crippen molar-refractivity contribution in [2.75, 3.05) is 36.0 Å². The molecule has 3 rings (SSSR count). The number of hydrogen-bond donors (Lipinski definition) is 2. The van der Waals surface area contributed by atoms with E-state index in [1.54, 1.807) is 23.2 Å². The number of nitrogens with two attached hydrogens (primary N) is 1. The summed E-state index contributed by atoms with van der Waals surface area (Å²) in [5.41, 5.74) is 5.40. The molecular formula is C16H19F3N6O+2. The van der Waals surface area contributed by atoms with Gasteiger partial charge in [0, 0.05) is 6.07 Å². The minimum absolute atomic E-state index is 0.00286. The summed E-state index contributed by atoms with van der Waals surface area (Å²) in [4.78, 5) is 9.51. The molecule has 138 valence electrons. The van der Waals surface area contributed by atoms with Gasteiger partial charge >= 0.3 is 6.18 Å². The van der Waals surface area contributed by atoms with Gasteiger partial charge in [0.25, 0.3) is 11.6 Å². The lowest BCUT2D eigenvalue weighted by molar-refractivity contribution is -0.368. The molecule has 26 heavy (non-hydrogen) atoms. The van der Waals surface area contributed by atoms with Crippen molar-refractivity contribution in [1.29, 1.82) is 0 Å². The third kappa shape index (κ3) is 3.63. The Morgan fingerprint density at radius 3 is 2.35 bits per heavy atom. The molecular weight excluding hydrogens is 349 g/mol. The average molecular weight is 368 g/mol. The molecule has 2 aromatic rings. The molecule has 0 amide bonds. The van der Waals surface area contributed by atoms with Gasteiger partial charge < -0.3 is 10.9 Å². The van der Waals surface area contributed by atoms with Gasteiger partial charge in [0.15, 0.2) is 5.84 Å². The van der Waals surface area contributed by atoms with Gasteiger partial charge in [-0.1, -0.05) is 5.16 Å². The fourth-order valence-corrected chi connectivity index (χ4v) is 2.92. The molecule has 1 fully saturated rings. The van der Waals surface area contributed by atoms with E-state index in [4.69, 9.17) is 10.9 Å². The van der Waals surface area contributed by atoms with Gasteiger partial charge in [0.05, 0.1) is 18.0 Å². The Kier molecular flexibility index (Phi) is 4.83. The molecule has 0 atom stereocenters. The van der Waals surface area contributed by atoms with Crippen LogP contribution in [0.2, 0.25) is 0 Å². The van der Waals surface area contributed by atoms with Crippen LogP contribution in [0.15, 0.2) is 41.8 Å². The van der Waals surface area contributed by atoms with Crippen LogP contribution in [0.3, 0.4) is 0 Å². The maximum atomic E-state index is 13.2. The Bertz CT molecular complexity index is 785. The molecule has 0 saturated carbocycles. The second-order valence-electron chi connectivity index (χ2n) is 5.85. The van der Waals surface area contributed by atoms with Crippen LogP contribution in [0.25, 0.3) is 0 Å². The minimum Gasteiger partial charge on any atom is -0.409 e. The molecule has 1 saturated heterocycles. The lowest BCUT2D eigenvalue weighted by Gasteiger charge is -2.27. The third-order valence-electron chi connectivity index (χ3n) is 4.28. The van der Waals surface area contributed by atoms with E-state index in [0.29, 0.717) is 31.7 Å². The summed E-state index contributed by atoms with van der Waals surface area (Å²) < 4.78 is 39.5. The number of rotatable bonds is 3. The molecule has 0 unspecified atom stereocenters. The molecule has 7 nitrogen and oxygen atoms in total. The van der Waals surface area contributed by atoms with Crippen LogP contribution >= 0.6 is 0 Å². The van der Waals surface area contributed by atoms with E-state index in [0.717, 1.165) is 11.9 Å². The molecule has 2 aromatic heterocycles. The molecule has 0 aliphatic carbocycles. The Morgan fingerprint density at radius 1 is 1.08 bits per heavy atom. The number of nitrogens with zero attached hydrogens (tertiary/aromatic N) is 3. The van der Waals surface area contributed by atoms with Crippen LogP contribution in [0.1, 0.15) is 11.1 Å². The predicted molar refractivity (Wildman–Crippen MR) is 87.9 cm³/mol. The third-order valence-corrected chi connectivity index (χ3v) is 4.28. The Morgan fingerprint density at radius 2 is 1.77 bits per heavy atom. The highest BCUT2D eigenvalue weighted by atomic mass is 19.4. The fraction of sp³-hybridized carbons (Fsp3) is 0.312. The molecule has 0 radical (unpaired) electrons. The molecule has 5 N–H and O–H groups in total. The molecule has 0 spiro atoms. The van der Waals surface area contributed by atoms with Gasteiger partial charge in [-0.2, -0.15) is 13.2 Å². The van der Waals surface area contributed by atoms with Gasteiger partial charge in [0.2, 0.25) is 0 Å². The Hall–Kier alpha value is -3.04. The number of H-pyrrole nitrogens is 2. The molecule has 1 aliphatic heterocycles. The van der Waals surface area contributed by atoms with Crippen molar-refractivity contribution in [3.8, 4) is 0 Å². The number of anilines is 2. The van der Waals surface area contributed by atoms with Crippen LogP contribution in [0.5, 0.6) is 0 Å². The Balaban J connectivity index is 1.70. The lowest BCUT2D eigenvalue weighted by Crippen LogP contribution is -2.50. The molecule has 1 aliphatic rings. The van der Waals surface area contributed by atoms with Crippen molar-refractivity contribution < 1.29 is 28.3 Å². The number of alkyl halides is 3. The van der Waals surface area contributed by atoms with Gasteiger partial charge in [0.1, 0.15) is 31.7 Å². The normalized spacial score (nSPS) is 16.0. The van der Waals surface area contributed by atoms with E-state index in [9.17, 15) is 13.2 Å². The first-order valence-electron chi connectivity index (χ1n) is 7.97. The van der Waals surface area contributed by atoms with E-state index in [2.05, 4.69) is 15.1 Å². The van der Waals surface area contributed by atoms with Gasteiger partial charge in [-0.15, -0.1) is 0 Å². The van der Waals surface area contributed by atoms with Crippen LogP contribution < -0.4 is 25.5 Å². The van der Waals surface area contributed by atoms with E-state index >= 15 is 0 Å². The number of amidine groups is 1. The van der Waals surface area contributed by atoms with E-state index in [1.165, 1.54) is 12.3 Å². The number of pyridine rings is 2. The van der Waals surface area contributed by atoms with Crippen molar-refractivity contribution in [3.63, 3.8) is 0 Å². The largest absolute Gasteiger partial charge is 0.424 e. The standard InChI is InChI=1S/C16H17F3N6O/c17-16(18,19)12-2-1-5-21-15(12)25-8-6-24(7-9-25)13-4-3-11(10-22-13)14(20)23-26/h1-5,10,26H,6-9H2,(H2,20,23)/p+2. The van der Waals surface area contributed by atoms with Crippen LogP contribution in [0.4, 0.5) is 24.8 Å². The molecule has 0 bridgehead atoms. The van der Waals surface area contributed by atoms with Crippen molar-refractivity contribution >= 4 is 17.5 Å². The summed E-state index contributed by atoms with van der Waals surface area (Å²) in [6.07, 6.45) is -1.29. The maximum Gasteiger partial charge on any atom is 0.424 e. The lowest BCUT2D eigenvalue weighted by atomic mass is 10.2. The molecule has 0 aromatic carbocycles. The Labute approximate surface area is 147 Å². The zero-order valence-electron chi connectivity index (χ0n) is 13.8. The second-order valence-corrected chi connectivity index (χ2v) is 5.85. The van der Waals surface area contributed by atoms with Gasteiger partial charge in [-0.05, 0) is 18.2 Å². The van der Waals surface area contributed by atoms with Crippen molar-refractivity contribution in [2.24, 2.45) is 10.9 Å². The smallest absolute Gasteiger partial charge is 0.409 e. The number of hydrogen-bond acceptors (Lipinski definition) is 4. The monoisotopic (exact) mass is 368 g/mol. The van der Waals surface area contributed by atoms with Gasteiger partial charge in [-0.25, -0.2) is 9.97 Å². The number of aromatic amines is 2. The summed E-state index contributed by atoms with van der Waals surface area (Å²) >= 11 is 0. The van der Waals surface area contributed by atoms with Crippen molar-refractivity contribution in [3.05, 3.63) is 47.8 Å². The average Bonchev–Trinajstić information content (AvgIpc) is 2.67. The zero-order chi connectivity index (χ0) is 18.7. The number of piperazine rings is 1. The van der Waals surface area contributed by atoms with Gasteiger partial charge in [-0.3, -0.25) is 9.80 Å². The molecule has 3 heterocycles. The zero-order valence-corrected chi connectivity index (χ0v) is 13.8. The van der Waals surface area contributed by atoms with Crippen molar-refractivity contribution in [1.82, 2.24) is 0 Å². The highest BCUT2D eigenvalue weighted by molar-refractivity contribution is 5.96. The first kappa shape index (κ1) is 17.8. The highest BCUT2D eigenvalue weighted by Crippen LogP contribution is 2.34. The number of halogens is 3.